The van der Waals surface area contributed by atoms with Gasteiger partial charge in [-0.3, -0.25) is 0 Å². The van der Waals surface area contributed by atoms with E-state index in [1.807, 2.05) is 0 Å². The highest BCUT2D eigenvalue weighted by Crippen LogP contribution is 2.08. The van der Waals surface area contributed by atoms with Crippen LogP contribution in [0.3, 0.4) is 0 Å². The summed E-state index contributed by atoms with van der Waals surface area (Å²) in [7, 11) is 0. The zero-order valence-electron chi connectivity index (χ0n) is 8.31. The second-order valence-electron chi connectivity index (χ2n) is 3.22. The molecule has 72 valence electrons. The summed E-state index contributed by atoms with van der Waals surface area (Å²) >= 11 is 0. The van der Waals surface area contributed by atoms with Crippen molar-refractivity contribution in [3.8, 4) is 0 Å². The van der Waals surface area contributed by atoms with Crippen LogP contribution in [0.25, 0.3) is 0 Å². The van der Waals surface area contributed by atoms with E-state index in [0.29, 0.717) is 6.42 Å². The Morgan fingerprint density at radius 3 is 2.67 bits per heavy atom. The van der Waals surface area contributed by atoms with Gasteiger partial charge < -0.3 is 10.1 Å². The van der Waals surface area contributed by atoms with Crippen LogP contribution in [0.5, 0.6) is 0 Å². The molecule has 0 aliphatic heterocycles. The highest BCUT2D eigenvalue weighted by molar-refractivity contribution is 5.49. The average Bonchev–Trinajstić information content (AvgIpc) is 2.10. The normalized spacial score (nSPS) is 12.8. The Kier molecular flexibility index (Phi) is 8.46. The van der Waals surface area contributed by atoms with Crippen LogP contribution >= 0.6 is 0 Å². The molecule has 2 heteroatoms. The van der Waals surface area contributed by atoms with Gasteiger partial charge in [0.2, 0.25) is 0 Å². The smallest absolute Gasteiger partial charge is 0.121 e. The number of carbonyl (C=O) groups excluding carboxylic acids is 1. The van der Waals surface area contributed by atoms with E-state index in [0.717, 1.165) is 25.3 Å². The third-order valence-electron chi connectivity index (χ3n) is 2.15. The molecule has 0 heterocycles. The van der Waals surface area contributed by atoms with Crippen molar-refractivity contribution in [3.63, 3.8) is 0 Å². The number of nitrogens with one attached hydrogen (secondary N) is 1. The summed E-state index contributed by atoms with van der Waals surface area (Å²) in [6.07, 6.45) is 5.40. The van der Waals surface area contributed by atoms with Gasteiger partial charge in [0.15, 0.2) is 0 Å². The molecule has 0 saturated carbocycles. The van der Waals surface area contributed by atoms with Gasteiger partial charge in [-0.15, -0.1) is 0 Å². The molecule has 12 heavy (non-hydrogen) atoms. The summed E-state index contributed by atoms with van der Waals surface area (Å²) in [6, 6.07) is 0. The van der Waals surface area contributed by atoms with Crippen LogP contribution in [-0.4, -0.2) is 19.4 Å². The van der Waals surface area contributed by atoms with Crippen LogP contribution in [0, 0.1) is 5.92 Å². The summed E-state index contributed by atoms with van der Waals surface area (Å²) < 4.78 is 0. The molecular formula is C10H21NO. The Morgan fingerprint density at radius 1 is 1.42 bits per heavy atom. The Labute approximate surface area is 75.7 Å². The standard InChI is InChI=1S/C10H21NO/c1-3-6-10(4-2)9-11-7-5-8-12/h8,10-11H,3-7,9H2,1-2H3. The topological polar surface area (TPSA) is 29.1 Å². The fourth-order valence-electron chi connectivity index (χ4n) is 1.33. The summed E-state index contributed by atoms with van der Waals surface area (Å²) in [5.41, 5.74) is 0. The van der Waals surface area contributed by atoms with E-state index in [9.17, 15) is 4.79 Å². The molecule has 0 saturated heterocycles. The number of hydrogen-bond donors (Lipinski definition) is 1. The van der Waals surface area contributed by atoms with Crippen molar-refractivity contribution in [3.05, 3.63) is 0 Å². The molecule has 0 aromatic rings. The first-order chi connectivity index (χ1) is 5.85. The van der Waals surface area contributed by atoms with Gasteiger partial charge in [-0.2, -0.15) is 0 Å². The van der Waals surface area contributed by atoms with Crippen LogP contribution in [0.15, 0.2) is 0 Å². The van der Waals surface area contributed by atoms with E-state index >= 15 is 0 Å². The van der Waals surface area contributed by atoms with Gasteiger partial charge in [0.05, 0.1) is 0 Å². The van der Waals surface area contributed by atoms with Crippen molar-refractivity contribution in [2.75, 3.05) is 13.1 Å². The Morgan fingerprint density at radius 2 is 2.17 bits per heavy atom. The number of hydrogen-bond acceptors (Lipinski definition) is 2. The van der Waals surface area contributed by atoms with Gasteiger partial charge in [-0.05, 0) is 18.9 Å². The number of aldehydes is 1. The zero-order chi connectivity index (χ0) is 9.23. The van der Waals surface area contributed by atoms with Crippen molar-refractivity contribution in [2.24, 2.45) is 5.92 Å². The molecule has 1 atom stereocenters. The van der Waals surface area contributed by atoms with Gasteiger partial charge in [-0.1, -0.05) is 26.7 Å². The van der Waals surface area contributed by atoms with Crippen LogP contribution in [0.1, 0.15) is 39.5 Å². The molecule has 1 unspecified atom stereocenters. The molecule has 0 aromatic carbocycles. The first kappa shape index (κ1) is 11.6. The van der Waals surface area contributed by atoms with Crippen molar-refractivity contribution >= 4 is 6.29 Å². The fraction of sp³-hybridized carbons (Fsp3) is 0.900. The lowest BCUT2D eigenvalue weighted by Gasteiger charge is -2.13. The molecule has 0 fully saturated rings. The average molecular weight is 171 g/mol. The predicted octanol–water partition coefficient (Wildman–Crippen LogP) is 1.99. The third kappa shape index (κ3) is 6.35. The SMILES string of the molecule is CCCC(CC)CNCCC=O. The van der Waals surface area contributed by atoms with Crippen LogP contribution in [0.2, 0.25) is 0 Å². The Balaban J connectivity index is 3.24. The van der Waals surface area contributed by atoms with Gasteiger partial charge >= 0.3 is 0 Å². The molecule has 0 amide bonds. The number of carbonyl (C=O) groups is 1. The summed E-state index contributed by atoms with van der Waals surface area (Å²) in [5, 5.41) is 3.29. The largest absolute Gasteiger partial charge is 0.316 e. The van der Waals surface area contributed by atoms with E-state index in [-0.39, 0.29) is 0 Å². The lowest BCUT2D eigenvalue weighted by molar-refractivity contribution is -0.107. The van der Waals surface area contributed by atoms with Gasteiger partial charge in [0.25, 0.3) is 0 Å². The first-order valence-electron chi connectivity index (χ1n) is 4.99. The Hall–Kier alpha value is -0.370. The second kappa shape index (κ2) is 8.72. The molecule has 0 spiro atoms. The van der Waals surface area contributed by atoms with E-state index < -0.39 is 0 Å². The van der Waals surface area contributed by atoms with Crippen molar-refractivity contribution in [1.29, 1.82) is 0 Å². The minimum absolute atomic E-state index is 0.641. The molecule has 1 N–H and O–H groups in total. The molecular weight excluding hydrogens is 150 g/mol. The number of rotatable bonds is 8. The van der Waals surface area contributed by atoms with E-state index in [1.165, 1.54) is 19.3 Å². The van der Waals surface area contributed by atoms with Crippen molar-refractivity contribution < 1.29 is 4.79 Å². The molecule has 0 radical (unpaired) electrons. The molecule has 0 aliphatic carbocycles. The van der Waals surface area contributed by atoms with Crippen LogP contribution in [0.4, 0.5) is 0 Å². The minimum atomic E-state index is 0.641. The highest BCUT2D eigenvalue weighted by atomic mass is 16.1. The van der Waals surface area contributed by atoms with Gasteiger partial charge in [-0.25, -0.2) is 0 Å². The molecule has 2 nitrogen and oxygen atoms in total. The quantitative estimate of drug-likeness (QED) is 0.447. The zero-order valence-corrected chi connectivity index (χ0v) is 8.31. The first-order valence-corrected chi connectivity index (χ1v) is 4.99. The molecule has 0 rings (SSSR count). The fourth-order valence-corrected chi connectivity index (χ4v) is 1.33. The molecule has 0 bridgehead atoms. The van der Waals surface area contributed by atoms with Gasteiger partial charge in [0.1, 0.15) is 6.29 Å². The summed E-state index contributed by atoms with van der Waals surface area (Å²) in [5.74, 6) is 0.793. The minimum Gasteiger partial charge on any atom is -0.316 e. The lowest BCUT2D eigenvalue weighted by atomic mass is 10.0. The predicted molar refractivity (Wildman–Crippen MR) is 52.2 cm³/mol. The van der Waals surface area contributed by atoms with Crippen molar-refractivity contribution in [2.45, 2.75) is 39.5 Å². The molecule has 0 aliphatic rings. The molecule has 0 aromatic heterocycles. The maximum Gasteiger partial charge on any atom is 0.121 e. The highest BCUT2D eigenvalue weighted by Gasteiger charge is 2.02. The van der Waals surface area contributed by atoms with E-state index in [2.05, 4.69) is 19.2 Å². The third-order valence-corrected chi connectivity index (χ3v) is 2.15. The maximum absolute atomic E-state index is 10.0. The van der Waals surface area contributed by atoms with Gasteiger partial charge in [0, 0.05) is 13.0 Å². The Bertz CT molecular complexity index is 104. The van der Waals surface area contributed by atoms with Crippen molar-refractivity contribution in [1.82, 2.24) is 5.32 Å². The maximum atomic E-state index is 10.0. The lowest BCUT2D eigenvalue weighted by Crippen LogP contribution is -2.23. The monoisotopic (exact) mass is 171 g/mol. The van der Waals surface area contributed by atoms with E-state index in [4.69, 9.17) is 0 Å². The second-order valence-corrected chi connectivity index (χ2v) is 3.22. The van der Waals surface area contributed by atoms with Crippen LogP contribution < -0.4 is 5.32 Å². The summed E-state index contributed by atoms with van der Waals surface area (Å²) in [6.45, 7) is 6.34. The van der Waals surface area contributed by atoms with E-state index in [1.54, 1.807) is 0 Å². The summed E-state index contributed by atoms with van der Waals surface area (Å²) in [4.78, 5) is 10.0. The van der Waals surface area contributed by atoms with Crippen LogP contribution in [-0.2, 0) is 4.79 Å².